The second-order valence-electron chi connectivity index (χ2n) is 8.37. The van der Waals surface area contributed by atoms with Gasteiger partial charge in [-0.25, -0.2) is 8.78 Å². The molecule has 0 amide bonds. The van der Waals surface area contributed by atoms with Crippen LogP contribution in [0.1, 0.15) is 62.8 Å². The van der Waals surface area contributed by atoms with E-state index in [0.717, 1.165) is 24.8 Å². The van der Waals surface area contributed by atoms with Gasteiger partial charge < -0.3 is 4.52 Å². The minimum Gasteiger partial charge on any atom is -0.329 e. The highest BCUT2D eigenvalue weighted by Crippen LogP contribution is 2.38. The largest absolute Gasteiger partial charge is 0.471 e. The third-order valence-corrected chi connectivity index (χ3v) is 6.20. The van der Waals surface area contributed by atoms with Crippen LogP contribution in [0.3, 0.4) is 0 Å². The number of nitrogens with zero attached hydrogens (tertiary/aromatic N) is 2. The monoisotopic (exact) mass is 450 g/mol. The van der Waals surface area contributed by atoms with Gasteiger partial charge in [-0.1, -0.05) is 49.2 Å². The molecule has 0 aliphatic heterocycles. The SMILES string of the molecule is CCCC1CCC(c2ccc(-c3cc(F)c(F)c(-c4noc(C(F)(F)F)n4)c3)cc2)CC1. The van der Waals surface area contributed by atoms with Gasteiger partial charge in [-0.15, -0.1) is 0 Å². The van der Waals surface area contributed by atoms with Crippen molar-refractivity contribution in [2.75, 3.05) is 0 Å². The maximum Gasteiger partial charge on any atom is 0.471 e. The molecule has 1 saturated carbocycles. The van der Waals surface area contributed by atoms with Crippen LogP contribution in [0.25, 0.3) is 22.5 Å². The highest BCUT2D eigenvalue weighted by molar-refractivity contribution is 5.71. The first-order valence-electron chi connectivity index (χ1n) is 10.8. The van der Waals surface area contributed by atoms with E-state index in [-0.39, 0.29) is 0 Å². The lowest BCUT2D eigenvalue weighted by Crippen LogP contribution is -2.13. The van der Waals surface area contributed by atoms with Gasteiger partial charge in [0.05, 0.1) is 5.56 Å². The van der Waals surface area contributed by atoms with Gasteiger partial charge in [-0.2, -0.15) is 18.2 Å². The molecule has 2 aromatic carbocycles. The molecule has 0 saturated heterocycles. The van der Waals surface area contributed by atoms with Gasteiger partial charge in [-0.3, -0.25) is 0 Å². The third-order valence-electron chi connectivity index (χ3n) is 6.20. The second kappa shape index (κ2) is 9.00. The van der Waals surface area contributed by atoms with Crippen LogP contribution in [0.4, 0.5) is 22.0 Å². The summed E-state index contributed by atoms with van der Waals surface area (Å²) in [5.41, 5.74) is 1.65. The predicted molar refractivity (Wildman–Crippen MR) is 110 cm³/mol. The molecule has 1 aliphatic rings. The summed E-state index contributed by atoms with van der Waals surface area (Å²) in [6, 6.07) is 9.85. The molecule has 8 heteroatoms. The Balaban J connectivity index is 1.57. The van der Waals surface area contributed by atoms with E-state index in [2.05, 4.69) is 21.6 Å². The average Bonchev–Trinajstić information content (AvgIpc) is 3.27. The first-order chi connectivity index (χ1) is 15.3. The van der Waals surface area contributed by atoms with Crippen molar-refractivity contribution in [2.45, 2.75) is 57.5 Å². The molecule has 4 rings (SSSR count). The van der Waals surface area contributed by atoms with E-state index in [4.69, 9.17) is 0 Å². The van der Waals surface area contributed by atoms with Crippen molar-refractivity contribution in [3.8, 4) is 22.5 Å². The fraction of sp³-hybridized carbons (Fsp3) is 0.417. The Kier molecular flexibility index (Phi) is 6.31. The lowest BCUT2D eigenvalue weighted by Gasteiger charge is -2.28. The van der Waals surface area contributed by atoms with Crippen molar-refractivity contribution < 1.29 is 26.5 Å². The lowest BCUT2D eigenvalue weighted by molar-refractivity contribution is -0.159. The van der Waals surface area contributed by atoms with Crippen molar-refractivity contribution in [1.82, 2.24) is 10.1 Å². The van der Waals surface area contributed by atoms with Gasteiger partial charge in [0.2, 0.25) is 5.82 Å². The first kappa shape index (κ1) is 22.4. The summed E-state index contributed by atoms with van der Waals surface area (Å²) in [6.45, 7) is 2.21. The van der Waals surface area contributed by atoms with E-state index in [9.17, 15) is 22.0 Å². The average molecular weight is 450 g/mol. The molecule has 170 valence electrons. The minimum absolute atomic E-state index is 0.315. The van der Waals surface area contributed by atoms with Crippen molar-refractivity contribution in [3.05, 3.63) is 59.5 Å². The van der Waals surface area contributed by atoms with Crippen LogP contribution in [0.5, 0.6) is 0 Å². The fourth-order valence-electron chi connectivity index (χ4n) is 4.51. The molecule has 1 heterocycles. The van der Waals surface area contributed by atoms with Crippen LogP contribution in [0, 0.1) is 17.6 Å². The first-order valence-corrected chi connectivity index (χ1v) is 10.8. The number of hydrogen-bond acceptors (Lipinski definition) is 3. The van der Waals surface area contributed by atoms with Gasteiger partial charge in [0.15, 0.2) is 11.6 Å². The number of halogens is 5. The number of aromatic nitrogens is 2. The molecule has 1 fully saturated rings. The van der Waals surface area contributed by atoms with Gasteiger partial charge in [0.1, 0.15) is 0 Å². The van der Waals surface area contributed by atoms with Crippen LogP contribution >= 0.6 is 0 Å². The number of rotatable bonds is 5. The molecule has 1 aliphatic carbocycles. The molecule has 0 unspecified atom stereocenters. The van der Waals surface area contributed by atoms with E-state index >= 15 is 0 Å². The van der Waals surface area contributed by atoms with Crippen LogP contribution in [-0.2, 0) is 6.18 Å². The number of alkyl halides is 3. The highest BCUT2D eigenvalue weighted by Gasteiger charge is 2.39. The molecule has 3 aromatic rings. The molecule has 3 nitrogen and oxygen atoms in total. The van der Waals surface area contributed by atoms with Gasteiger partial charge >= 0.3 is 12.1 Å². The Labute approximate surface area is 182 Å². The van der Waals surface area contributed by atoms with Crippen molar-refractivity contribution in [2.24, 2.45) is 5.92 Å². The molecule has 0 N–H and O–H groups in total. The summed E-state index contributed by atoms with van der Waals surface area (Å²) in [5, 5.41) is 3.17. The fourth-order valence-corrected chi connectivity index (χ4v) is 4.51. The summed E-state index contributed by atoms with van der Waals surface area (Å²) in [4.78, 5) is 3.17. The van der Waals surface area contributed by atoms with Gasteiger partial charge in [0, 0.05) is 0 Å². The van der Waals surface area contributed by atoms with E-state index < -0.39 is 35.1 Å². The third kappa shape index (κ3) is 4.69. The molecular weight excluding hydrogens is 427 g/mol. The topological polar surface area (TPSA) is 38.9 Å². The predicted octanol–water partition coefficient (Wildman–Crippen LogP) is 7.77. The second-order valence-corrected chi connectivity index (χ2v) is 8.37. The Hall–Kier alpha value is -2.77. The number of hydrogen-bond donors (Lipinski definition) is 0. The zero-order chi connectivity index (χ0) is 22.9. The lowest BCUT2D eigenvalue weighted by atomic mass is 9.77. The summed E-state index contributed by atoms with van der Waals surface area (Å²) >= 11 is 0. The Morgan fingerprint density at radius 3 is 2.25 bits per heavy atom. The molecule has 0 spiro atoms. The molecule has 1 aromatic heterocycles. The van der Waals surface area contributed by atoms with Crippen LogP contribution < -0.4 is 0 Å². The quantitative estimate of drug-likeness (QED) is 0.373. The van der Waals surface area contributed by atoms with E-state index in [1.165, 1.54) is 37.3 Å². The summed E-state index contributed by atoms with van der Waals surface area (Å²) in [5.74, 6) is -3.51. The molecule has 0 radical (unpaired) electrons. The van der Waals surface area contributed by atoms with Crippen molar-refractivity contribution in [3.63, 3.8) is 0 Å². The summed E-state index contributed by atoms with van der Waals surface area (Å²) in [7, 11) is 0. The zero-order valence-corrected chi connectivity index (χ0v) is 17.6. The Bertz CT molecular complexity index is 1070. The number of benzene rings is 2. The summed E-state index contributed by atoms with van der Waals surface area (Å²) < 4.78 is 70.9. The van der Waals surface area contributed by atoms with Gasteiger partial charge in [0.25, 0.3) is 0 Å². The van der Waals surface area contributed by atoms with E-state index in [1.54, 1.807) is 0 Å². The molecule has 32 heavy (non-hydrogen) atoms. The molecule has 0 atom stereocenters. The van der Waals surface area contributed by atoms with E-state index in [1.807, 2.05) is 24.3 Å². The maximum absolute atomic E-state index is 14.3. The molecule has 0 bridgehead atoms. The zero-order valence-electron chi connectivity index (χ0n) is 17.6. The van der Waals surface area contributed by atoms with Crippen LogP contribution in [0.2, 0.25) is 0 Å². The Morgan fingerprint density at radius 2 is 1.66 bits per heavy atom. The summed E-state index contributed by atoms with van der Waals surface area (Å²) in [6.07, 6.45) is 2.33. The van der Waals surface area contributed by atoms with Crippen LogP contribution in [-0.4, -0.2) is 10.1 Å². The normalized spacial score (nSPS) is 19.3. The van der Waals surface area contributed by atoms with Gasteiger partial charge in [-0.05, 0) is 66.3 Å². The standard InChI is InChI=1S/C24H23F5N2O/c1-2-3-14-4-6-15(7-5-14)16-8-10-17(11-9-16)18-12-19(21(26)20(25)13-18)22-30-23(32-31-22)24(27,28)29/h8-15H,2-7H2,1H3. The Morgan fingerprint density at radius 1 is 0.969 bits per heavy atom. The highest BCUT2D eigenvalue weighted by atomic mass is 19.4. The van der Waals surface area contributed by atoms with E-state index in [0.29, 0.717) is 17.0 Å². The van der Waals surface area contributed by atoms with Crippen molar-refractivity contribution >= 4 is 0 Å². The maximum atomic E-state index is 14.3. The minimum atomic E-state index is -4.87. The molecular formula is C24H23F5N2O. The smallest absolute Gasteiger partial charge is 0.329 e. The van der Waals surface area contributed by atoms with Crippen molar-refractivity contribution in [1.29, 1.82) is 0 Å². The van der Waals surface area contributed by atoms with Crippen LogP contribution in [0.15, 0.2) is 40.9 Å².